The van der Waals surface area contributed by atoms with E-state index in [-0.39, 0.29) is 17.8 Å². The first-order valence-electron chi connectivity index (χ1n) is 6.79. The van der Waals surface area contributed by atoms with Crippen LogP contribution in [0.1, 0.15) is 42.6 Å². The molecule has 2 rings (SSSR count). The van der Waals surface area contributed by atoms with E-state index in [9.17, 15) is 4.79 Å². The number of carbonyl (C=O) groups excluding carboxylic acids is 1. The maximum Gasteiger partial charge on any atom is 0.170 e. The summed E-state index contributed by atoms with van der Waals surface area (Å²) in [5.41, 5.74) is 1.65. The van der Waals surface area contributed by atoms with E-state index in [1.807, 2.05) is 51.1 Å². The molecule has 0 radical (unpaired) electrons. The number of hydrogen-bond donors (Lipinski definition) is 0. The van der Waals surface area contributed by atoms with Crippen LogP contribution in [0.3, 0.4) is 0 Å². The average Bonchev–Trinajstić information content (AvgIpc) is 2.46. The van der Waals surface area contributed by atoms with Crippen LogP contribution in [0.25, 0.3) is 0 Å². The number of pyridine rings is 1. The van der Waals surface area contributed by atoms with Gasteiger partial charge in [0.15, 0.2) is 5.78 Å². The Morgan fingerprint density at radius 1 is 1.10 bits per heavy atom. The minimum absolute atomic E-state index is 0.0883. The fourth-order valence-corrected chi connectivity index (χ4v) is 2.05. The van der Waals surface area contributed by atoms with Crippen LogP contribution in [-0.2, 0) is 0 Å². The molecule has 2 aromatic rings. The smallest absolute Gasteiger partial charge is 0.170 e. The van der Waals surface area contributed by atoms with Crippen molar-refractivity contribution < 1.29 is 9.53 Å². The van der Waals surface area contributed by atoms with Gasteiger partial charge in [-0.05, 0) is 43.7 Å². The van der Waals surface area contributed by atoms with Crippen LogP contribution in [0.5, 0.6) is 5.75 Å². The van der Waals surface area contributed by atoms with E-state index in [2.05, 4.69) is 4.98 Å². The van der Waals surface area contributed by atoms with Crippen LogP contribution in [-0.4, -0.2) is 16.9 Å². The third kappa shape index (κ3) is 3.44. The molecule has 20 heavy (non-hydrogen) atoms. The van der Waals surface area contributed by atoms with E-state index in [0.717, 1.165) is 11.3 Å². The zero-order valence-corrected chi connectivity index (χ0v) is 12.0. The van der Waals surface area contributed by atoms with Gasteiger partial charge in [-0.1, -0.05) is 19.1 Å². The molecule has 0 aliphatic carbocycles. The van der Waals surface area contributed by atoms with Gasteiger partial charge in [0, 0.05) is 23.9 Å². The number of nitrogens with zero attached hydrogens (tertiary/aromatic N) is 1. The van der Waals surface area contributed by atoms with Gasteiger partial charge in [-0.25, -0.2) is 0 Å². The Bertz CT molecular complexity index is 579. The standard InChI is InChI=1S/C17H19NO2/c1-12(2)20-16-6-4-5-15(11-16)17(19)13(3)14-7-9-18-10-8-14/h4-13H,1-3H3. The summed E-state index contributed by atoms with van der Waals surface area (Å²) in [5, 5.41) is 0. The number of carbonyl (C=O) groups is 1. The molecule has 1 aromatic carbocycles. The zero-order chi connectivity index (χ0) is 14.5. The first kappa shape index (κ1) is 14.3. The van der Waals surface area contributed by atoms with E-state index in [4.69, 9.17) is 4.74 Å². The first-order chi connectivity index (χ1) is 9.58. The van der Waals surface area contributed by atoms with E-state index < -0.39 is 0 Å². The summed E-state index contributed by atoms with van der Waals surface area (Å²) in [6, 6.07) is 11.1. The Morgan fingerprint density at radius 2 is 1.80 bits per heavy atom. The topological polar surface area (TPSA) is 39.2 Å². The summed E-state index contributed by atoms with van der Waals surface area (Å²) in [5.74, 6) is 0.630. The number of hydrogen-bond acceptors (Lipinski definition) is 3. The number of benzene rings is 1. The van der Waals surface area contributed by atoms with Gasteiger partial charge in [0.05, 0.1) is 6.10 Å². The summed E-state index contributed by atoms with van der Waals surface area (Å²) in [4.78, 5) is 16.5. The molecule has 0 spiro atoms. The average molecular weight is 269 g/mol. The maximum absolute atomic E-state index is 12.5. The molecule has 0 aliphatic rings. The second kappa shape index (κ2) is 6.33. The van der Waals surface area contributed by atoms with E-state index in [0.29, 0.717) is 5.56 Å². The number of Topliss-reactive ketones (excluding diaryl/α,β-unsaturated/α-hetero) is 1. The van der Waals surface area contributed by atoms with Gasteiger partial charge in [-0.15, -0.1) is 0 Å². The molecule has 1 atom stereocenters. The summed E-state index contributed by atoms with van der Waals surface area (Å²) in [7, 11) is 0. The molecular weight excluding hydrogens is 250 g/mol. The predicted molar refractivity (Wildman–Crippen MR) is 79.2 cm³/mol. The first-order valence-corrected chi connectivity index (χ1v) is 6.79. The van der Waals surface area contributed by atoms with Crippen molar-refractivity contribution in [2.24, 2.45) is 0 Å². The zero-order valence-electron chi connectivity index (χ0n) is 12.0. The van der Waals surface area contributed by atoms with E-state index >= 15 is 0 Å². The second-order valence-electron chi connectivity index (χ2n) is 5.06. The van der Waals surface area contributed by atoms with Crippen LogP contribution >= 0.6 is 0 Å². The normalized spacial score (nSPS) is 12.2. The molecule has 3 nitrogen and oxygen atoms in total. The molecule has 1 aromatic heterocycles. The molecule has 0 bridgehead atoms. The van der Waals surface area contributed by atoms with Gasteiger partial charge in [-0.2, -0.15) is 0 Å². The Hall–Kier alpha value is -2.16. The number of ether oxygens (including phenoxy) is 1. The molecule has 0 saturated carbocycles. The van der Waals surface area contributed by atoms with Crippen LogP contribution < -0.4 is 4.74 Å². The van der Waals surface area contributed by atoms with Crippen molar-refractivity contribution in [3.8, 4) is 5.75 Å². The van der Waals surface area contributed by atoms with E-state index in [1.54, 1.807) is 18.5 Å². The van der Waals surface area contributed by atoms with Gasteiger partial charge in [0.25, 0.3) is 0 Å². The maximum atomic E-state index is 12.5. The summed E-state index contributed by atoms with van der Waals surface area (Å²) in [6.07, 6.45) is 3.51. The minimum Gasteiger partial charge on any atom is -0.491 e. The van der Waals surface area contributed by atoms with Gasteiger partial charge >= 0.3 is 0 Å². The lowest BCUT2D eigenvalue weighted by molar-refractivity contribution is 0.0965. The van der Waals surface area contributed by atoms with Crippen molar-refractivity contribution in [2.75, 3.05) is 0 Å². The Balaban J connectivity index is 2.21. The highest BCUT2D eigenvalue weighted by atomic mass is 16.5. The van der Waals surface area contributed by atoms with Crippen molar-refractivity contribution in [1.82, 2.24) is 4.98 Å². The van der Waals surface area contributed by atoms with Crippen molar-refractivity contribution in [2.45, 2.75) is 32.8 Å². The summed E-state index contributed by atoms with van der Waals surface area (Å²) >= 11 is 0. The van der Waals surface area contributed by atoms with Gasteiger partial charge in [-0.3, -0.25) is 9.78 Å². The van der Waals surface area contributed by atoms with Crippen LogP contribution in [0, 0.1) is 0 Å². The third-order valence-electron chi connectivity index (χ3n) is 3.09. The monoisotopic (exact) mass is 269 g/mol. The van der Waals surface area contributed by atoms with Crippen LogP contribution in [0.15, 0.2) is 48.8 Å². The minimum atomic E-state index is -0.188. The molecule has 0 fully saturated rings. The third-order valence-corrected chi connectivity index (χ3v) is 3.09. The molecular formula is C17H19NO2. The lowest BCUT2D eigenvalue weighted by atomic mass is 9.93. The number of aromatic nitrogens is 1. The molecule has 0 saturated heterocycles. The molecule has 1 unspecified atom stereocenters. The fourth-order valence-electron chi connectivity index (χ4n) is 2.05. The van der Waals surface area contributed by atoms with Gasteiger partial charge < -0.3 is 4.74 Å². The largest absolute Gasteiger partial charge is 0.491 e. The molecule has 0 amide bonds. The highest BCUT2D eigenvalue weighted by Crippen LogP contribution is 2.22. The molecule has 104 valence electrons. The number of rotatable bonds is 5. The molecule has 1 heterocycles. The lowest BCUT2D eigenvalue weighted by Crippen LogP contribution is -2.11. The van der Waals surface area contributed by atoms with Crippen LogP contribution in [0.4, 0.5) is 0 Å². The summed E-state index contributed by atoms with van der Waals surface area (Å²) in [6.45, 7) is 5.84. The van der Waals surface area contributed by atoms with Crippen molar-refractivity contribution >= 4 is 5.78 Å². The highest BCUT2D eigenvalue weighted by molar-refractivity contribution is 6.00. The van der Waals surface area contributed by atoms with E-state index in [1.165, 1.54) is 0 Å². The van der Waals surface area contributed by atoms with Gasteiger partial charge in [0.1, 0.15) is 5.75 Å². The highest BCUT2D eigenvalue weighted by Gasteiger charge is 2.17. The van der Waals surface area contributed by atoms with Crippen molar-refractivity contribution in [3.63, 3.8) is 0 Å². The Morgan fingerprint density at radius 3 is 2.45 bits per heavy atom. The Kier molecular flexibility index (Phi) is 4.51. The van der Waals surface area contributed by atoms with Crippen molar-refractivity contribution in [1.29, 1.82) is 0 Å². The predicted octanol–water partition coefficient (Wildman–Crippen LogP) is 3.86. The number of ketones is 1. The lowest BCUT2D eigenvalue weighted by Gasteiger charge is -2.13. The Labute approximate surface area is 119 Å². The summed E-state index contributed by atoms with van der Waals surface area (Å²) < 4.78 is 5.63. The SMILES string of the molecule is CC(C)Oc1cccc(C(=O)C(C)c2ccncc2)c1. The molecule has 0 aliphatic heterocycles. The van der Waals surface area contributed by atoms with Gasteiger partial charge in [0.2, 0.25) is 0 Å². The molecule has 0 N–H and O–H groups in total. The van der Waals surface area contributed by atoms with Crippen molar-refractivity contribution in [3.05, 3.63) is 59.9 Å². The molecule has 3 heteroatoms. The second-order valence-corrected chi connectivity index (χ2v) is 5.06. The van der Waals surface area contributed by atoms with Crippen LogP contribution in [0.2, 0.25) is 0 Å². The quantitative estimate of drug-likeness (QED) is 0.774. The fraction of sp³-hybridized carbons (Fsp3) is 0.294.